The van der Waals surface area contributed by atoms with Crippen molar-refractivity contribution < 1.29 is 4.74 Å². The number of ether oxygens (including phenoxy) is 1. The molecule has 1 aliphatic heterocycles. The third kappa shape index (κ3) is 5.71. The van der Waals surface area contributed by atoms with E-state index in [2.05, 4.69) is 9.80 Å². The lowest BCUT2D eigenvalue weighted by atomic mass is 10.3. The van der Waals surface area contributed by atoms with Gasteiger partial charge in [-0.3, -0.25) is 4.90 Å². The zero-order valence-electron chi connectivity index (χ0n) is 9.75. The molecule has 15 heavy (non-hydrogen) atoms. The fraction of sp³-hybridized carbons (Fsp3) is 1.00. The zero-order valence-corrected chi connectivity index (χ0v) is 10.5. The minimum absolute atomic E-state index is 0.754. The van der Waals surface area contributed by atoms with Gasteiger partial charge in [0, 0.05) is 58.4 Å². The van der Waals surface area contributed by atoms with Gasteiger partial charge in [0.25, 0.3) is 0 Å². The molecule has 0 amide bonds. The molecule has 0 aromatic heterocycles. The Labute approximate surface area is 98.3 Å². The highest BCUT2D eigenvalue weighted by molar-refractivity contribution is 6.18. The van der Waals surface area contributed by atoms with Crippen LogP contribution in [0.5, 0.6) is 0 Å². The Morgan fingerprint density at radius 1 is 1.07 bits per heavy atom. The van der Waals surface area contributed by atoms with Gasteiger partial charge in [0.1, 0.15) is 0 Å². The number of hydrogen-bond acceptors (Lipinski definition) is 3. The number of piperazine rings is 1. The predicted octanol–water partition coefficient (Wildman–Crippen LogP) is 1.27. The summed E-state index contributed by atoms with van der Waals surface area (Å²) < 4.78 is 5.33. The van der Waals surface area contributed by atoms with Crippen LogP contribution < -0.4 is 0 Å². The Balaban J connectivity index is 1.99. The summed E-state index contributed by atoms with van der Waals surface area (Å²) >= 11 is 5.72. The van der Waals surface area contributed by atoms with Crippen LogP contribution in [-0.4, -0.2) is 68.2 Å². The largest absolute Gasteiger partial charge is 0.382 e. The van der Waals surface area contributed by atoms with Crippen LogP contribution in [0.2, 0.25) is 0 Å². The van der Waals surface area contributed by atoms with E-state index < -0.39 is 0 Å². The lowest BCUT2D eigenvalue weighted by Gasteiger charge is -2.34. The van der Waals surface area contributed by atoms with Crippen LogP contribution in [0.25, 0.3) is 0 Å². The molecule has 0 spiro atoms. The van der Waals surface area contributed by atoms with Crippen LogP contribution in [0.1, 0.15) is 13.3 Å². The lowest BCUT2D eigenvalue weighted by Crippen LogP contribution is -2.47. The fourth-order valence-corrected chi connectivity index (χ4v) is 2.13. The van der Waals surface area contributed by atoms with Crippen LogP contribution in [0.4, 0.5) is 0 Å². The van der Waals surface area contributed by atoms with E-state index in [0.717, 1.165) is 32.1 Å². The maximum atomic E-state index is 5.72. The standard InChI is InChI=1S/C11H23ClN2O/c1-2-15-11-3-5-13-7-9-14(6-4-12)10-8-13/h2-11H2,1H3. The van der Waals surface area contributed by atoms with Gasteiger partial charge in [-0.15, -0.1) is 11.6 Å². The Morgan fingerprint density at radius 3 is 2.20 bits per heavy atom. The molecule has 0 unspecified atom stereocenters. The average Bonchev–Trinajstić information content (AvgIpc) is 2.27. The van der Waals surface area contributed by atoms with Gasteiger partial charge in [-0.05, 0) is 13.3 Å². The number of nitrogens with zero attached hydrogens (tertiary/aromatic N) is 2. The van der Waals surface area contributed by atoms with E-state index in [-0.39, 0.29) is 0 Å². The Hall–Kier alpha value is 0.170. The second kappa shape index (κ2) is 8.34. The molecular formula is C11H23ClN2O. The van der Waals surface area contributed by atoms with Gasteiger partial charge in [-0.2, -0.15) is 0 Å². The maximum absolute atomic E-state index is 5.72. The van der Waals surface area contributed by atoms with E-state index in [0.29, 0.717) is 0 Å². The Bertz CT molecular complexity index is 147. The molecule has 0 N–H and O–H groups in total. The first kappa shape index (κ1) is 13.2. The van der Waals surface area contributed by atoms with Crippen LogP contribution in [0.3, 0.4) is 0 Å². The highest BCUT2D eigenvalue weighted by Crippen LogP contribution is 2.02. The predicted molar refractivity (Wildman–Crippen MR) is 64.7 cm³/mol. The molecule has 3 nitrogen and oxygen atoms in total. The van der Waals surface area contributed by atoms with Crippen molar-refractivity contribution in [1.82, 2.24) is 9.80 Å². The summed E-state index contributed by atoms with van der Waals surface area (Å²) in [6.45, 7) is 10.7. The normalized spacial score (nSPS) is 19.6. The summed E-state index contributed by atoms with van der Waals surface area (Å²) in [6, 6.07) is 0. The monoisotopic (exact) mass is 234 g/mol. The third-order valence-electron chi connectivity index (χ3n) is 2.83. The summed E-state index contributed by atoms with van der Waals surface area (Å²) in [6.07, 6.45) is 1.16. The number of alkyl halides is 1. The van der Waals surface area contributed by atoms with Crippen molar-refractivity contribution in [2.45, 2.75) is 13.3 Å². The van der Waals surface area contributed by atoms with E-state index in [4.69, 9.17) is 16.3 Å². The van der Waals surface area contributed by atoms with Crippen LogP contribution >= 0.6 is 11.6 Å². The van der Waals surface area contributed by atoms with Gasteiger partial charge in [0.2, 0.25) is 0 Å². The first-order valence-electron chi connectivity index (χ1n) is 5.95. The first-order chi connectivity index (χ1) is 7.36. The molecule has 0 atom stereocenters. The molecule has 0 aromatic rings. The molecule has 0 aliphatic carbocycles. The Morgan fingerprint density at radius 2 is 1.67 bits per heavy atom. The van der Waals surface area contributed by atoms with Crippen molar-refractivity contribution >= 4 is 11.6 Å². The lowest BCUT2D eigenvalue weighted by molar-refractivity contribution is 0.107. The quantitative estimate of drug-likeness (QED) is 0.488. The second-order valence-corrected chi connectivity index (χ2v) is 4.30. The average molecular weight is 235 g/mol. The molecule has 1 aliphatic rings. The molecule has 0 aromatic carbocycles. The summed E-state index contributed by atoms with van der Waals surface area (Å²) in [5, 5.41) is 0. The molecule has 0 radical (unpaired) electrons. The van der Waals surface area contributed by atoms with E-state index in [1.54, 1.807) is 0 Å². The first-order valence-corrected chi connectivity index (χ1v) is 6.48. The van der Waals surface area contributed by atoms with E-state index >= 15 is 0 Å². The highest BCUT2D eigenvalue weighted by Gasteiger charge is 2.15. The summed E-state index contributed by atoms with van der Waals surface area (Å²) in [5.74, 6) is 0.754. The van der Waals surface area contributed by atoms with Crippen molar-refractivity contribution in [3.05, 3.63) is 0 Å². The van der Waals surface area contributed by atoms with Crippen LogP contribution in [0, 0.1) is 0 Å². The van der Waals surface area contributed by atoms with E-state index in [1.165, 1.54) is 32.7 Å². The van der Waals surface area contributed by atoms with Crippen LogP contribution in [-0.2, 0) is 4.74 Å². The van der Waals surface area contributed by atoms with Crippen molar-refractivity contribution in [2.24, 2.45) is 0 Å². The molecule has 1 heterocycles. The van der Waals surface area contributed by atoms with Crippen molar-refractivity contribution in [1.29, 1.82) is 0 Å². The van der Waals surface area contributed by atoms with Gasteiger partial charge in [-0.1, -0.05) is 0 Å². The Kier molecular flexibility index (Phi) is 7.36. The molecule has 1 fully saturated rings. The fourth-order valence-electron chi connectivity index (χ4n) is 1.89. The number of halogens is 1. The highest BCUT2D eigenvalue weighted by atomic mass is 35.5. The molecule has 1 saturated heterocycles. The van der Waals surface area contributed by atoms with Gasteiger partial charge >= 0.3 is 0 Å². The van der Waals surface area contributed by atoms with Gasteiger partial charge < -0.3 is 9.64 Å². The molecule has 4 heteroatoms. The minimum atomic E-state index is 0.754. The summed E-state index contributed by atoms with van der Waals surface area (Å²) in [7, 11) is 0. The summed E-state index contributed by atoms with van der Waals surface area (Å²) in [4.78, 5) is 4.95. The smallest absolute Gasteiger partial charge is 0.0478 e. The topological polar surface area (TPSA) is 15.7 Å². The summed E-state index contributed by atoms with van der Waals surface area (Å²) in [5.41, 5.74) is 0. The van der Waals surface area contributed by atoms with E-state index in [9.17, 15) is 0 Å². The van der Waals surface area contributed by atoms with Crippen molar-refractivity contribution in [2.75, 3.05) is 58.4 Å². The third-order valence-corrected chi connectivity index (χ3v) is 3.00. The van der Waals surface area contributed by atoms with Crippen molar-refractivity contribution in [3.8, 4) is 0 Å². The second-order valence-electron chi connectivity index (χ2n) is 3.92. The van der Waals surface area contributed by atoms with Crippen LogP contribution in [0.15, 0.2) is 0 Å². The van der Waals surface area contributed by atoms with Gasteiger partial charge in [0.15, 0.2) is 0 Å². The molecular weight excluding hydrogens is 212 g/mol. The molecule has 90 valence electrons. The molecule has 0 bridgehead atoms. The molecule has 0 saturated carbocycles. The van der Waals surface area contributed by atoms with Gasteiger partial charge in [0.05, 0.1) is 0 Å². The van der Waals surface area contributed by atoms with E-state index in [1.807, 2.05) is 6.92 Å². The maximum Gasteiger partial charge on any atom is 0.0478 e. The van der Waals surface area contributed by atoms with Crippen molar-refractivity contribution in [3.63, 3.8) is 0 Å². The molecule has 1 rings (SSSR count). The number of rotatable bonds is 7. The number of hydrogen-bond donors (Lipinski definition) is 0. The van der Waals surface area contributed by atoms with Gasteiger partial charge in [-0.25, -0.2) is 0 Å². The SMILES string of the molecule is CCOCCCN1CCN(CCCl)CC1. The zero-order chi connectivity index (χ0) is 10.9. The minimum Gasteiger partial charge on any atom is -0.382 e.